The molecule has 1 aromatic heterocycles. The fraction of sp³-hybridized carbons (Fsp3) is 0.211. The summed E-state index contributed by atoms with van der Waals surface area (Å²) >= 11 is 0. The lowest BCUT2D eigenvalue weighted by Gasteiger charge is -2.09. The standard InChI is InChI=1S/C19H17FO3/c1-3-16-12(2)17-8-7-15(10-18(17)23-19(16)21)22-11-13-5-4-6-14(20)9-13/h4-10H,3,11H2,1-2H3. The third-order valence-electron chi connectivity index (χ3n) is 3.91. The van der Waals surface area contributed by atoms with Crippen LogP contribution in [0.15, 0.2) is 51.7 Å². The number of benzene rings is 2. The van der Waals surface area contributed by atoms with E-state index in [2.05, 4.69) is 0 Å². The van der Waals surface area contributed by atoms with Crippen LogP contribution in [0.2, 0.25) is 0 Å². The first-order valence-corrected chi connectivity index (χ1v) is 7.52. The highest BCUT2D eigenvalue weighted by Gasteiger charge is 2.10. The molecule has 0 amide bonds. The summed E-state index contributed by atoms with van der Waals surface area (Å²) in [5.41, 5.74) is 2.58. The van der Waals surface area contributed by atoms with Gasteiger partial charge in [0, 0.05) is 17.0 Å². The lowest BCUT2D eigenvalue weighted by atomic mass is 10.0. The van der Waals surface area contributed by atoms with Crippen LogP contribution in [-0.4, -0.2) is 0 Å². The third kappa shape index (κ3) is 3.11. The van der Waals surface area contributed by atoms with Gasteiger partial charge in [-0.2, -0.15) is 0 Å². The van der Waals surface area contributed by atoms with Gasteiger partial charge in [0.1, 0.15) is 23.8 Å². The minimum absolute atomic E-state index is 0.250. The van der Waals surface area contributed by atoms with Crippen molar-refractivity contribution in [2.45, 2.75) is 26.9 Å². The SMILES string of the molecule is CCc1c(C)c2ccc(OCc3cccc(F)c3)cc2oc1=O. The van der Waals surface area contributed by atoms with Crippen LogP contribution in [0.4, 0.5) is 4.39 Å². The van der Waals surface area contributed by atoms with Crippen LogP contribution in [-0.2, 0) is 13.0 Å². The quantitative estimate of drug-likeness (QED) is 0.671. The topological polar surface area (TPSA) is 39.4 Å². The molecule has 0 unspecified atom stereocenters. The molecule has 0 saturated carbocycles. The molecule has 2 aromatic carbocycles. The molecule has 0 bridgehead atoms. The molecule has 0 saturated heterocycles. The van der Waals surface area contributed by atoms with E-state index in [1.807, 2.05) is 26.0 Å². The van der Waals surface area contributed by atoms with Crippen molar-refractivity contribution in [3.8, 4) is 5.75 Å². The largest absolute Gasteiger partial charge is 0.489 e. The fourth-order valence-electron chi connectivity index (χ4n) is 2.67. The predicted octanol–water partition coefficient (Wildman–Crippen LogP) is 4.38. The number of hydrogen-bond donors (Lipinski definition) is 0. The lowest BCUT2D eigenvalue weighted by molar-refractivity contribution is 0.305. The van der Waals surface area contributed by atoms with E-state index in [4.69, 9.17) is 9.15 Å². The van der Waals surface area contributed by atoms with Gasteiger partial charge in [0.15, 0.2) is 0 Å². The first-order chi connectivity index (χ1) is 11.1. The predicted molar refractivity (Wildman–Crippen MR) is 87.3 cm³/mol. The Hall–Kier alpha value is -2.62. The number of rotatable bonds is 4. The first kappa shape index (κ1) is 15.3. The molecule has 118 valence electrons. The molecule has 23 heavy (non-hydrogen) atoms. The summed E-state index contributed by atoms with van der Waals surface area (Å²) in [4.78, 5) is 12.0. The van der Waals surface area contributed by atoms with E-state index in [1.165, 1.54) is 12.1 Å². The highest BCUT2D eigenvalue weighted by Crippen LogP contribution is 2.25. The van der Waals surface area contributed by atoms with Gasteiger partial charge in [-0.25, -0.2) is 9.18 Å². The minimum Gasteiger partial charge on any atom is -0.489 e. The molecular weight excluding hydrogens is 295 g/mol. The Kier molecular flexibility index (Phi) is 4.15. The van der Waals surface area contributed by atoms with Crippen molar-refractivity contribution in [2.75, 3.05) is 0 Å². The maximum Gasteiger partial charge on any atom is 0.339 e. The van der Waals surface area contributed by atoms with Crippen LogP contribution in [0.25, 0.3) is 11.0 Å². The van der Waals surface area contributed by atoms with Gasteiger partial charge in [0.2, 0.25) is 0 Å². The van der Waals surface area contributed by atoms with Crippen LogP contribution in [0.1, 0.15) is 23.6 Å². The van der Waals surface area contributed by atoms with Crippen LogP contribution in [0.5, 0.6) is 5.75 Å². The van der Waals surface area contributed by atoms with Crippen molar-refractivity contribution in [1.29, 1.82) is 0 Å². The summed E-state index contributed by atoms with van der Waals surface area (Å²) in [6.07, 6.45) is 0.641. The Labute approximate surface area is 133 Å². The van der Waals surface area contributed by atoms with Gasteiger partial charge < -0.3 is 9.15 Å². The average Bonchev–Trinajstić information content (AvgIpc) is 2.53. The molecule has 0 aliphatic rings. The molecule has 0 spiro atoms. The Morgan fingerprint density at radius 3 is 2.74 bits per heavy atom. The smallest absolute Gasteiger partial charge is 0.339 e. The second-order valence-electron chi connectivity index (χ2n) is 5.42. The second-order valence-corrected chi connectivity index (χ2v) is 5.42. The Morgan fingerprint density at radius 1 is 1.17 bits per heavy atom. The van der Waals surface area contributed by atoms with Crippen LogP contribution in [0, 0.1) is 12.7 Å². The summed E-state index contributed by atoms with van der Waals surface area (Å²) < 4.78 is 24.2. The van der Waals surface area contributed by atoms with E-state index >= 15 is 0 Å². The van der Waals surface area contributed by atoms with E-state index in [1.54, 1.807) is 18.2 Å². The van der Waals surface area contributed by atoms with Crippen molar-refractivity contribution in [2.24, 2.45) is 0 Å². The number of ether oxygens (including phenoxy) is 1. The van der Waals surface area contributed by atoms with E-state index in [0.29, 0.717) is 23.3 Å². The van der Waals surface area contributed by atoms with E-state index in [-0.39, 0.29) is 18.0 Å². The van der Waals surface area contributed by atoms with Crippen molar-refractivity contribution in [3.05, 3.63) is 75.4 Å². The molecule has 4 heteroatoms. The number of fused-ring (bicyclic) bond motifs is 1. The zero-order valence-electron chi connectivity index (χ0n) is 13.1. The van der Waals surface area contributed by atoms with Gasteiger partial charge in [-0.3, -0.25) is 0 Å². The molecule has 0 atom stereocenters. The zero-order valence-corrected chi connectivity index (χ0v) is 13.1. The van der Waals surface area contributed by atoms with E-state index in [0.717, 1.165) is 16.5 Å². The van der Waals surface area contributed by atoms with Crippen LogP contribution in [0.3, 0.4) is 0 Å². The molecule has 3 nitrogen and oxygen atoms in total. The third-order valence-corrected chi connectivity index (χ3v) is 3.91. The molecule has 1 heterocycles. The summed E-state index contributed by atoms with van der Waals surface area (Å²) in [5.74, 6) is 0.284. The normalized spacial score (nSPS) is 10.9. The maximum absolute atomic E-state index is 13.2. The number of aryl methyl sites for hydroxylation is 1. The molecule has 0 fully saturated rings. The van der Waals surface area contributed by atoms with Gasteiger partial charge in [-0.05, 0) is 48.7 Å². The van der Waals surface area contributed by atoms with Gasteiger partial charge >= 0.3 is 5.63 Å². The molecule has 0 radical (unpaired) electrons. The highest BCUT2D eigenvalue weighted by atomic mass is 19.1. The van der Waals surface area contributed by atoms with Crippen molar-refractivity contribution in [3.63, 3.8) is 0 Å². The van der Waals surface area contributed by atoms with Gasteiger partial charge in [-0.1, -0.05) is 19.1 Å². The van der Waals surface area contributed by atoms with Crippen molar-refractivity contribution < 1.29 is 13.5 Å². The summed E-state index contributed by atoms with van der Waals surface area (Å²) in [7, 11) is 0. The summed E-state index contributed by atoms with van der Waals surface area (Å²) in [6, 6.07) is 11.7. The van der Waals surface area contributed by atoms with Gasteiger partial charge in [0.25, 0.3) is 0 Å². The Balaban J connectivity index is 1.90. The van der Waals surface area contributed by atoms with E-state index < -0.39 is 0 Å². The highest BCUT2D eigenvalue weighted by molar-refractivity contribution is 5.82. The summed E-state index contributed by atoms with van der Waals surface area (Å²) in [6.45, 7) is 4.10. The molecule has 0 aliphatic heterocycles. The summed E-state index contributed by atoms with van der Waals surface area (Å²) in [5, 5.41) is 0.902. The maximum atomic E-state index is 13.2. The van der Waals surface area contributed by atoms with Crippen LogP contribution >= 0.6 is 0 Å². The van der Waals surface area contributed by atoms with E-state index in [9.17, 15) is 9.18 Å². The van der Waals surface area contributed by atoms with Gasteiger partial charge in [0.05, 0.1) is 0 Å². The molecule has 3 aromatic rings. The molecule has 3 rings (SSSR count). The first-order valence-electron chi connectivity index (χ1n) is 7.52. The van der Waals surface area contributed by atoms with Crippen molar-refractivity contribution >= 4 is 11.0 Å². The average molecular weight is 312 g/mol. The van der Waals surface area contributed by atoms with Crippen molar-refractivity contribution in [1.82, 2.24) is 0 Å². The Morgan fingerprint density at radius 2 is 2.00 bits per heavy atom. The lowest BCUT2D eigenvalue weighted by Crippen LogP contribution is -2.09. The molecular formula is C19H17FO3. The number of hydrogen-bond acceptors (Lipinski definition) is 3. The monoisotopic (exact) mass is 312 g/mol. The molecule has 0 N–H and O–H groups in total. The van der Waals surface area contributed by atoms with Crippen LogP contribution < -0.4 is 10.4 Å². The zero-order chi connectivity index (χ0) is 16.4. The molecule has 0 aliphatic carbocycles. The fourth-order valence-corrected chi connectivity index (χ4v) is 2.67. The second kappa shape index (κ2) is 6.24. The van der Waals surface area contributed by atoms with Gasteiger partial charge in [-0.15, -0.1) is 0 Å². The Bertz CT molecular complexity index is 912. The number of halogens is 1. The minimum atomic E-state index is -0.306.